The summed E-state index contributed by atoms with van der Waals surface area (Å²) in [5.41, 5.74) is 2.51. The molecule has 144 valence electrons. The van der Waals surface area contributed by atoms with Crippen molar-refractivity contribution in [3.63, 3.8) is 0 Å². The lowest BCUT2D eigenvalue weighted by molar-refractivity contribution is 0.0954. The first-order valence-corrected chi connectivity index (χ1v) is 10.5. The Bertz CT molecular complexity index is 922. The number of benzene rings is 2. The Morgan fingerprint density at radius 1 is 1.00 bits per heavy atom. The molecule has 0 unspecified atom stereocenters. The van der Waals surface area contributed by atoms with E-state index in [1.54, 1.807) is 0 Å². The average Bonchev–Trinajstić information content (AvgIpc) is 2.73. The van der Waals surface area contributed by atoms with E-state index in [4.69, 9.17) is 11.6 Å². The van der Waals surface area contributed by atoms with Gasteiger partial charge in [0.25, 0.3) is 5.91 Å². The summed E-state index contributed by atoms with van der Waals surface area (Å²) >= 11 is 7.70. The molecule has 28 heavy (non-hydrogen) atoms. The molecule has 0 aliphatic carbocycles. The Hall–Kier alpha value is -2.57. The van der Waals surface area contributed by atoms with Crippen LogP contribution in [0.1, 0.15) is 21.5 Å². The highest BCUT2D eigenvalue weighted by Gasteiger charge is 2.20. The van der Waals surface area contributed by atoms with Crippen LogP contribution in [-0.4, -0.2) is 28.7 Å². The van der Waals surface area contributed by atoms with E-state index in [-0.39, 0.29) is 16.6 Å². The third-order valence-electron chi connectivity index (χ3n) is 4.10. The molecule has 0 aliphatic heterocycles. The largest absolute Gasteiger partial charge is 0.365 e. The van der Waals surface area contributed by atoms with E-state index >= 15 is 0 Å². The van der Waals surface area contributed by atoms with Crippen LogP contribution in [0.2, 0.25) is 5.15 Å². The number of carbonyl (C=O) groups excluding carboxylic acids is 1. The lowest BCUT2D eigenvalue weighted by Crippen LogP contribution is -2.27. The third-order valence-corrected chi connectivity index (χ3v) is 4.92. The number of carbonyl (C=O) groups is 1. The second-order valence-electron chi connectivity index (χ2n) is 6.06. The van der Waals surface area contributed by atoms with Crippen LogP contribution in [0, 0.1) is 0 Å². The summed E-state index contributed by atoms with van der Waals surface area (Å²) in [5.74, 6) is 0.148. The Labute approximate surface area is 173 Å². The van der Waals surface area contributed by atoms with Gasteiger partial charge in [-0.2, -0.15) is 0 Å². The number of rotatable bonds is 8. The van der Waals surface area contributed by atoms with Gasteiger partial charge in [0.2, 0.25) is 0 Å². The van der Waals surface area contributed by atoms with E-state index in [2.05, 4.69) is 20.6 Å². The molecule has 3 rings (SSSR count). The number of aromatic nitrogens is 2. The van der Waals surface area contributed by atoms with Gasteiger partial charge in [0, 0.05) is 13.1 Å². The van der Waals surface area contributed by atoms with E-state index in [1.807, 2.05) is 66.9 Å². The van der Waals surface area contributed by atoms with Crippen molar-refractivity contribution in [2.24, 2.45) is 0 Å². The van der Waals surface area contributed by atoms with Crippen molar-refractivity contribution in [3.8, 4) is 0 Å². The van der Waals surface area contributed by atoms with Gasteiger partial charge in [0.1, 0.15) is 16.5 Å². The van der Waals surface area contributed by atoms with Crippen molar-refractivity contribution < 1.29 is 4.79 Å². The summed E-state index contributed by atoms with van der Waals surface area (Å²) in [6, 6.07) is 19.9. The molecule has 1 heterocycles. The third kappa shape index (κ3) is 5.47. The number of nitrogens with one attached hydrogen (secondary N) is 2. The first-order chi connectivity index (χ1) is 13.7. The fourth-order valence-electron chi connectivity index (χ4n) is 2.67. The van der Waals surface area contributed by atoms with Crippen LogP contribution >= 0.6 is 23.4 Å². The van der Waals surface area contributed by atoms with Crippen LogP contribution < -0.4 is 10.6 Å². The molecule has 7 heteroatoms. The molecule has 2 aromatic carbocycles. The molecule has 0 radical (unpaired) electrons. The second-order valence-corrected chi connectivity index (χ2v) is 7.19. The molecule has 0 fully saturated rings. The first kappa shape index (κ1) is 20.2. The predicted octanol–water partition coefficient (Wildman–Crippen LogP) is 4.44. The lowest BCUT2D eigenvalue weighted by atomic mass is 10.1. The van der Waals surface area contributed by atoms with Gasteiger partial charge in [-0.05, 0) is 23.8 Å². The van der Waals surface area contributed by atoms with Gasteiger partial charge < -0.3 is 10.6 Å². The smallest absolute Gasteiger partial charge is 0.258 e. The highest BCUT2D eigenvalue weighted by atomic mass is 35.5. The zero-order chi connectivity index (χ0) is 19.8. The number of nitrogens with zero attached hydrogens (tertiary/aromatic N) is 2. The molecule has 0 saturated carbocycles. The average molecular weight is 413 g/mol. The second kappa shape index (κ2) is 10.1. The van der Waals surface area contributed by atoms with Gasteiger partial charge in [0.15, 0.2) is 5.16 Å². The molecule has 2 N–H and O–H groups in total. The number of anilines is 1. The monoisotopic (exact) mass is 412 g/mol. The molecule has 3 aromatic rings. The first-order valence-electron chi connectivity index (χ1n) is 8.89. The normalized spacial score (nSPS) is 10.5. The molecule has 0 spiro atoms. The number of thioether (sulfide) groups is 1. The highest BCUT2D eigenvalue weighted by molar-refractivity contribution is 7.98. The summed E-state index contributed by atoms with van der Waals surface area (Å²) < 4.78 is 0. The zero-order valence-corrected chi connectivity index (χ0v) is 17.1. The maximum absolute atomic E-state index is 12.8. The van der Waals surface area contributed by atoms with E-state index in [9.17, 15) is 4.79 Å². The van der Waals surface area contributed by atoms with Crippen molar-refractivity contribution in [2.45, 2.75) is 18.1 Å². The van der Waals surface area contributed by atoms with Crippen LogP contribution in [0.15, 0.2) is 65.8 Å². The van der Waals surface area contributed by atoms with Crippen LogP contribution in [-0.2, 0) is 13.0 Å². The number of hydrogen-bond donors (Lipinski definition) is 2. The van der Waals surface area contributed by atoms with Gasteiger partial charge in [-0.15, -0.1) is 0 Å². The van der Waals surface area contributed by atoms with Gasteiger partial charge >= 0.3 is 0 Å². The highest BCUT2D eigenvalue weighted by Crippen LogP contribution is 2.25. The minimum Gasteiger partial charge on any atom is -0.365 e. The number of halogens is 1. The number of hydrogen-bond acceptors (Lipinski definition) is 5. The predicted molar refractivity (Wildman–Crippen MR) is 115 cm³/mol. The van der Waals surface area contributed by atoms with Gasteiger partial charge in [-0.1, -0.05) is 84.0 Å². The van der Waals surface area contributed by atoms with E-state index in [1.165, 1.54) is 11.8 Å². The molecular formula is C21H21ClN4OS. The van der Waals surface area contributed by atoms with Gasteiger partial charge in [-0.3, -0.25) is 4.79 Å². The summed E-state index contributed by atoms with van der Waals surface area (Å²) in [6.45, 7) is 1.04. The zero-order valence-electron chi connectivity index (χ0n) is 15.5. The number of amides is 1. The van der Waals surface area contributed by atoms with Crippen molar-refractivity contribution in [1.29, 1.82) is 0 Å². The van der Waals surface area contributed by atoms with Crippen molar-refractivity contribution >= 4 is 35.1 Å². The fraction of sp³-hybridized carbons (Fsp3) is 0.190. The van der Waals surface area contributed by atoms with Gasteiger partial charge in [0.05, 0.1) is 0 Å². The maximum atomic E-state index is 12.8. The summed E-state index contributed by atoms with van der Waals surface area (Å²) in [6.07, 6.45) is 2.60. The molecular weight excluding hydrogens is 392 g/mol. The Balaban J connectivity index is 1.73. The van der Waals surface area contributed by atoms with E-state index in [0.717, 1.165) is 17.5 Å². The van der Waals surface area contributed by atoms with Crippen LogP contribution in [0.5, 0.6) is 0 Å². The van der Waals surface area contributed by atoms with Crippen LogP contribution in [0.4, 0.5) is 5.82 Å². The Kier molecular flexibility index (Phi) is 7.28. The molecule has 5 nitrogen and oxygen atoms in total. The van der Waals surface area contributed by atoms with Crippen molar-refractivity contribution in [2.75, 3.05) is 18.1 Å². The van der Waals surface area contributed by atoms with E-state index in [0.29, 0.717) is 24.1 Å². The summed E-state index contributed by atoms with van der Waals surface area (Å²) in [5, 5.41) is 6.80. The molecule has 0 aliphatic rings. The van der Waals surface area contributed by atoms with Gasteiger partial charge in [-0.25, -0.2) is 9.97 Å². The van der Waals surface area contributed by atoms with Crippen LogP contribution in [0.25, 0.3) is 0 Å². The Morgan fingerprint density at radius 3 is 2.29 bits per heavy atom. The summed E-state index contributed by atoms with van der Waals surface area (Å²) in [4.78, 5) is 21.4. The minimum absolute atomic E-state index is 0.145. The topological polar surface area (TPSA) is 66.9 Å². The quantitative estimate of drug-likeness (QED) is 0.325. The minimum atomic E-state index is -0.288. The van der Waals surface area contributed by atoms with E-state index < -0.39 is 0 Å². The lowest BCUT2D eigenvalue weighted by Gasteiger charge is -2.13. The standard InChI is InChI=1S/C21H21ClN4OS/c1-28-21-25-18(22)17(19(26-21)24-14-16-10-6-3-7-11-16)20(27)23-13-12-15-8-4-2-5-9-15/h2-11H,12-14H2,1H3,(H,23,27)(H,24,25,26). The maximum Gasteiger partial charge on any atom is 0.258 e. The molecule has 0 bridgehead atoms. The summed E-state index contributed by atoms with van der Waals surface area (Å²) in [7, 11) is 0. The Morgan fingerprint density at radius 2 is 1.64 bits per heavy atom. The molecule has 0 atom stereocenters. The molecule has 1 aromatic heterocycles. The van der Waals surface area contributed by atoms with Crippen molar-refractivity contribution in [3.05, 3.63) is 82.5 Å². The van der Waals surface area contributed by atoms with Crippen LogP contribution in [0.3, 0.4) is 0 Å². The molecule has 1 amide bonds. The molecule has 0 saturated heterocycles. The fourth-order valence-corrected chi connectivity index (χ4v) is 3.34. The van der Waals surface area contributed by atoms with Crippen molar-refractivity contribution in [1.82, 2.24) is 15.3 Å². The SMILES string of the molecule is CSc1nc(Cl)c(C(=O)NCCc2ccccc2)c(NCc2ccccc2)n1.